The van der Waals surface area contributed by atoms with Crippen LogP contribution in [0.4, 0.5) is 0 Å². The Hall–Kier alpha value is -1.89. The molecule has 3 rings (SSSR count). The molecule has 2 aromatic rings. The maximum atomic E-state index is 13.0. The van der Waals surface area contributed by atoms with E-state index in [1.54, 1.807) is 29.6 Å². The van der Waals surface area contributed by atoms with Crippen LogP contribution in [-0.2, 0) is 16.6 Å². The van der Waals surface area contributed by atoms with Crippen molar-refractivity contribution in [3.8, 4) is 5.75 Å². The minimum Gasteiger partial charge on any atom is -0.496 e. The number of sulfonamides is 1. The van der Waals surface area contributed by atoms with Gasteiger partial charge in [-0.05, 0) is 43.2 Å². The number of benzene rings is 2. The van der Waals surface area contributed by atoms with Crippen molar-refractivity contribution in [3.63, 3.8) is 0 Å². The molecule has 1 fully saturated rings. The molecule has 0 radical (unpaired) electrons. The Balaban J connectivity index is 1.72. The molecule has 2 aromatic carbocycles. The number of hydrogen-bond donors (Lipinski definition) is 0. The van der Waals surface area contributed by atoms with Gasteiger partial charge in [-0.25, -0.2) is 8.42 Å². The first-order chi connectivity index (χ1) is 12.4. The molecular formula is C20H26N2O3S. The van der Waals surface area contributed by atoms with Crippen LogP contribution in [-0.4, -0.2) is 50.4 Å². The number of rotatable bonds is 5. The van der Waals surface area contributed by atoms with Crippen LogP contribution in [0.2, 0.25) is 0 Å². The van der Waals surface area contributed by atoms with E-state index < -0.39 is 10.0 Å². The summed E-state index contributed by atoms with van der Waals surface area (Å²) in [5.41, 5.74) is 2.07. The van der Waals surface area contributed by atoms with Crippen LogP contribution in [0.25, 0.3) is 0 Å². The zero-order valence-electron chi connectivity index (χ0n) is 15.6. The lowest BCUT2D eigenvalue weighted by atomic mass is 10.1. The molecule has 6 heteroatoms. The van der Waals surface area contributed by atoms with Crippen LogP contribution < -0.4 is 4.74 Å². The Labute approximate surface area is 156 Å². The van der Waals surface area contributed by atoms with E-state index >= 15 is 0 Å². The smallest absolute Gasteiger partial charge is 0.243 e. The third-order valence-corrected chi connectivity index (χ3v) is 6.82. The van der Waals surface area contributed by atoms with E-state index in [9.17, 15) is 8.42 Å². The summed E-state index contributed by atoms with van der Waals surface area (Å²) in [6.45, 7) is 6.52. The standard InChI is InChI=1S/C20H26N2O3S/c1-16-13-19(9-10-20(16)25-3)26(23,24)22-12-11-21(17(2)14-22)15-18-7-5-4-6-8-18/h4-10,13,17H,11-12,14-15H2,1-3H3. The van der Waals surface area contributed by atoms with Crippen molar-refractivity contribution in [2.24, 2.45) is 0 Å². The van der Waals surface area contributed by atoms with Gasteiger partial charge < -0.3 is 4.74 Å². The molecule has 0 amide bonds. The first-order valence-corrected chi connectivity index (χ1v) is 10.3. The van der Waals surface area contributed by atoms with Crippen molar-refractivity contribution in [2.75, 3.05) is 26.7 Å². The van der Waals surface area contributed by atoms with Gasteiger partial charge in [0.1, 0.15) is 5.75 Å². The molecule has 1 aliphatic heterocycles. The molecule has 1 heterocycles. The van der Waals surface area contributed by atoms with Gasteiger partial charge in [0, 0.05) is 32.2 Å². The van der Waals surface area contributed by atoms with Gasteiger partial charge in [-0.2, -0.15) is 4.31 Å². The van der Waals surface area contributed by atoms with Crippen LogP contribution in [0.1, 0.15) is 18.1 Å². The lowest BCUT2D eigenvalue weighted by Gasteiger charge is -2.39. The van der Waals surface area contributed by atoms with Crippen LogP contribution in [0.5, 0.6) is 5.75 Å². The van der Waals surface area contributed by atoms with E-state index in [2.05, 4.69) is 24.0 Å². The summed E-state index contributed by atoms with van der Waals surface area (Å²) in [5.74, 6) is 0.699. The maximum Gasteiger partial charge on any atom is 0.243 e. The van der Waals surface area contributed by atoms with Gasteiger partial charge in [0.25, 0.3) is 0 Å². The summed E-state index contributed by atoms with van der Waals surface area (Å²) < 4.78 is 32.9. The predicted molar refractivity (Wildman–Crippen MR) is 103 cm³/mol. The summed E-state index contributed by atoms with van der Waals surface area (Å²) >= 11 is 0. The molecule has 0 spiro atoms. The Bertz CT molecular complexity index is 853. The Morgan fingerprint density at radius 1 is 1.12 bits per heavy atom. The summed E-state index contributed by atoms with van der Waals surface area (Å²) in [6, 6.07) is 15.5. The summed E-state index contributed by atoms with van der Waals surface area (Å²) in [7, 11) is -1.90. The van der Waals surface area contributed by atoms with Crippen molar-refractivity contribution in [2.45, 2.75) is 31.3 Å². The summed E-state index contributed by atoms with van der Waals surface area (Å²) in [6.07, 6.45) is 0. The first kappa shape index (κ1) is 18.9. The molecule has 0 aliphatic carbocycles. The van der Waals surface area contributed by atoms with Crippen LogP contribution in [0.3, 0.4) is 0 Å². The second-order valence-corrected chi connectivity index (χ2v) is 8.74. The molecule has 1 saturated heterocycles. The van der Waals surface area contributed by atoms with Gasteiger partial charge in [0.05, 0.1) is 12.0 Å². The van der Waals surface area contributed by atoms with E-state index in [1.807, 2.05) is 25.1 Å². The number of ether oxygens (including phenoxy) is 1. The van der Waals surface area contributed by atoms with Gasteiger partial charge in [-0.1, -0.05) is 30.3 Å². The third kappa shape index (κ3) is 3.92. The highest BCUT2D eigenvalue weighted by atomic mass is 32.2. The fourth-order valence-corrected chi connectivity index (χ4v) is 4.99. The molecule has 26 heavy (non-hydrogen) atoms. The van der Waals surface area contributed by atoms with E-state index in [0.717, 1.165) is 18.7 Å². The van der Waals surface area contributed by atoms with E-state index in [-0.39, 0.29) is 6.04 Å². The van der Waals surface area contributed by atoms with E-state index in [4.69, 9.17) is 4.74 Å². The van der Waals surface area contributed by atoms with Crippen molar-refractivity contribution < 1.29 is 13.2 Å². The van der Waals surface area contributed by atoms with Crippen LogP contribution in [0, 0.1) is 6.92 Å². The minimum absolute atomic E-state index is 0.165. The number of methoxy groups -OCH3 is 1. The largest absolute Gasteiger partial charge is 0.496 e. The fraction of sp³-hybridized carbons (Fsp3) is 0.400. The molecule has 1 unspecified atom stereocenters. The van der Waals surface area contributed by atoms with Gasteiger partial charge in [0.15, 0.2) is 0 Å². The molecule has 0 N–H and O–H groups in total. The van der Waals surface area contributed by atoms with Crippen LogP contribution >= 0.6 is 0 Å². The second-order valence-electron chi connectivity index (χ2n) is 6.80. The monoisotopic (exact) mass is 374 g/mol. The minimum atomic E-state index is -3.49. The summed E-state index contributed by atoms with van der Waals surface area (Å²) in [4.78, 5) is 2.67. The third-order valence-electron chi connectivity index (χ3n) is 4.96. The first-order valence-electron chi connectivity index (χ1n) is 8.84. The molecule has 0 saturated carbocycles. The topological polar surface area (TPSA) is 49.9 Å². The average molecular weight is 375 g/mol. The van der Waals surface area contributed by atoms with Crippen LogP contribution in [0.15, 0.2) is 53.4 Å². The predicted octanol–water partition coefficient (Wildman–Crippen LogP) is 2.90. The Kier molecular flexibility index (Phi) is 5.65. The van der Waals surface area contributed by atoms with Crippen molar-refractivity contribution in [1.82, 2.24) is 9.21 Å². The number of hydrogen-bond acceptors (Lipinski definition) is 4. The fourth-order valence-electron chi connectivity index (χ4n) is 3.39. The normalized spacial score (nSPS) is 19.4. The van der Waals surface area contributed by atoms with Crippen molar-refractivity contribution >= 4 is 10.0 Å². The highest BCUT2D eigenvalue weighted by Gasteiger charge is 2.32. The van der Waals surface area contributed by atoms with Crippen molar-refractivity contribution in [1.29, 1.82) is 0 Å². The number of nitrogens with zero attached hydrogens (tertiary/aromatic N) is 2. The van der Waals surface area contributed by atoms with E-state index in [1.165, 1.54) is 5.56 Å². The highest BCUT2D eigenvalue weighted by Crippen LogP contribution is 2.25. The zero-order valence-corrected chi connectivity index (χ0v) is 16.4. The molecular weight excluding hydrogens is 348 g/mol. The lowest BCUT2D eigenvalue weighted by Crippen LogP contribution is -2.53. The molecule has 140 valence electrons. The Morgan fingerprint density at radius 3 is 2.46 bits per heavy atom. The maximum absolute atomic E-state index is 13.0. The van der Waals surface area contributed by atoms with Gasteiger partial charge >= 0.3 is 0 Å². The molecule has 5 nitrogen and oxygen atoms in total. The quantitative estimate of drug-likeness (QED) is 0.807. The summed E-state index contributed by atoms with van der Waals surface area (Å²) in [5, 5.41) is 0. The average Bonchev–Trinajstić information content (AvgIpc) is 2.64. The zero-order chi connectivity index (χ0) is 18.7. The van der Waals surface area contributed by atoms with Gasteiger partial charge in [0.2, 0.25) is 10.0 Å². The molecule has 0 bridgehead atoms. The number of aryl methyl sites for hydroxylation is 1. The van der Waals surface area contributed by atoms with E-state index in [0.29, 0.717) is 23.7 Å². The molecule has 1 atom stereocenters. The molecule has 1 aliphatic rings. The Morgan fingerprint density at radius 2 is 1.85 bits per heavy atom. The van der Waals surface area contributed by atoms with Gasteiger partial charge in [-0.15, -0.1) is 0 Å². The lowest BCUT2D eigenvalue weighted by molar-refractivity contribution is 0.122. The second kappa shape index (κ2) is 7.78. The SMILES string of the molecule is COc1ccc(S(=O)(=O)N2CCN(Cc3ccccc3)C(C)C2)cc1C. The molecule has 0 aromatic heterocycles. The van der Waals surface area contributed by atoms with Gasteiger partial charge in [-0.3, -0.25) is 4.90 Å². The highest BCUT2D eigenvalue weighted by molar-refractivity contribution is 7.89. The van der Waals surface area contributed by atoms with Crippen molar-refractivity contribution in [3.05, 3.63) is 59.7 Å². The number of piperazine rings is 1.